The molecule has 0 radical (unpaired) electrons. The number of ether oxygens (including phenoxy) is 1. The van der Waals surface area contributed by atoms with E-state index < -0.39 is 49.6 Å². The third-order valence-corrected chi connectivity index (χ3v) is 3.30. The van der Waals surface area contributed by atoms with E-state index in [-0.39, 0.29) is 0 Å². The molecule has 8 nitrogen and oxygen atoms in total. The number of carbonyl (C=O) groups excluding carboxylic acids is 1. The van der Waals surface area contributed by atoms with Crippen molar-refractivity contribution in [2.75, 3.05) is 25.2 Å². The van der Waals surface area contributed by atoms with Gasteiger partial charge in [-0.05, 0) is 18.4 Å². The van der Waals surface area contributed by atoms with Gasteiger partial charge in [-0.25, -0.2) is 0 Å². The Hall–Kier alpha value is -0.420. The van der Waals surface area contributed by atoms with Crippen molar-refractivity contribution >= 4 is 17.7 Å². The molecule has 0 heterocycles. The number of aliphatic hydroxyl groups excluding tert-OH is 5. The monoisotopic (exact) mass is 313 g/mol. The average Bonchev–Trinajstić information content (AvgIpc) is 2.46. The summed E-state index contributed by atoms with van der Waals surface area (Å²) in [6, 6.07) is -0.820. The van der Waals surface area contributed by atoms with Gasteiger partial charge in [0.15, 0.2) is 0 Å². The smallest absolute Gasteiger partial charge is 0.323 e. The van der Waals surface area contributed by atoms with E-state index >= 15 is 0 Å². The van der Waals surface area contributed by atoms with Gasteiger partial charge in [0, 0.05) is 0 Å². The minimum absolute atomic E-state index is 0.421. The molecule has 0 bridgehead atoms. The largest absolute Gasteiger partial charge is 0.462 e. The molecule has 0 aliphatic heterocycles. The molecule has 0 saturated carbocycles. The predicted octanol–water partition coefficient (Wildman–Crippen LogP) is -2.95. The Morgan fingerprint density at radius 1 is 1.20 bits per heavy atom. The standard InChI is InChI=1S/C11H23NO7S/c1-20-3-2-6(12)11(18)19-5-8(15)10(17)9(16)7(14)4-13/h6-10,13-17H,2-5,12H2,1H3/t6-,7+,8+,9+,10+/m0/s1. The highest BCUT2D eigenvalue weighted by Gasteiger charge is 2.31. The lowest BCUT2D eigenvalue weighted by atomic mass is 10.0. The van der Waals surface area contributed by atoms with Crippen molar-refractivity contribution in [3.63, 3.8) is 0 Å². The summed E-state index contributed by atoms with van der Waals surface area (Å²) in [4.78, 5) is 11.4. The van der Waals surface area contributed by atoms with Crippen LogP contribution in [0.4, 0.5) is 0 Å². The fourth-order valence-electron chi connectivity index (χ4n) is 1.30. The second-order valence-electron chi connectivity index (χ2n) is 4.32. The summed E-state index contributed by atoms with van der Waals surface area (Å²) in [5.41, 5.74) is 5.54. The van der Waals surface area contributed by atoms with Crippen LogP contribution in [0.25, 0.3) is 0 Å². The van der Waals surface area contributed by atoms with Gasteiger partial charge in [-0.3, -0.25) is 4.79 Å². The Morgan fingerprint density at radius 2 is 1.75 bits per heavy atom. The average molecular weight is 313 g/mol. The fraction of sp³-hybridized carbons (Fsp3) is 0.909. The van der Waals surface area contributed by atoms with Gasteiger partial charge in [0.1, 0.15) is 37.1 Å². The number of esters is 1. The van der Waals surface area contributed by atoms with Crippen LogP contribution < -0.4 is 5.73 Å². The second-order valence-corrected chi connectivity index (χ2v) is 5.30. The van der Waals surface area contributed by atoms with Gasteiger partial charge in [-0.2, -0.15) is 11.8 Å². The molecule has 0 rings (SSSR count). The molecule has 0 unspecified atom stereocenters. The number of aliphatic hydroxyl groups is 5. The van der Waals surface area contributed by atoms with E-state index in [1.54, 1.807) is 0 Å². The maximum atomic E-state index is 11.4. The normalized spacial score (nSPS) is 18.9. The minimum atomic E-state index is -1.76. The molecular weight excluding hydrogens is 290 g/mol. The molecule has 20 heavy (non-hydrogen) atoms. The van der Waals surface area contributed by atoms with Crippen LogP contribution in [0, 0.1) is 0 Å². The number of hydrogen-bond acceptors (Lipinski definition) is 9. The third-order valence-electron chi connectivity index (χ3n) is 2.66. The van der Waals surface area contributed by atoms with Crippen LogP contribution in [0.1, 0.15) is 6.42 Å². The molecule has 0 saturated heterocycles. The first-order valence-corrected chi connectivity index (χ1v) is 7.48. The van der Waals surface area contributed by atoms with Crippen LogP contribution >= 0.6 is 11.8 Å². The quantitative estimate of drug-likeness (QED) is 0.232. The molecule has 120 valence electrons. The summed E-state index contributed by atoms with van der Waals surface area (Å²) >= 11 is 1.52. The second kappa shape index (κ2) is 10.3. The first-order valence-electron chi connectivity index (χ1n) is 6.09. The van der Waals surface area contributed by atoms with Crippen LogP contribution in [0.3, 0.4) is 0 Å². The van der Waals surface area contributed by atoms with E-state index in [4.69, 9.17) is 20.7 Å². The van der Waals surface area contributed by atoms with Crippen molar-refractivity contribution < 1.29 is 35.1 Å². The number of nitrogens with two attached hydrogens (primary N) is 1. The molecule has 5 atom stereocenters. The molecule has 0 aliphatic rings. The van der Waals surface area contributed by atoms with Crippen molar-refractivity contribution in [2.24, 2.45) is 5.73 Å². The van der Waals surface area contributed by atoms with Crippen LogP contribution in [-0.2, 0) is 9.53 Å². The van der Waals surface area contributed by atoms with Crippen LogP contribution in [0.15, 0.2) is 0 Å². The number of carbonyl (C=O) groups is 1. The Kier molecular flexibility index (Phi) is 10.1. The van der Waals surface area contributed by atoms with E-state index in [9.17, 15) is 20.1 Å². The van der Waals surface area contributed by atoms with Crippen molar-refractivity contribution in [1.82, 2.24) is 0 Å². The van der Waals surface area contributed by atoms with E-state index in [0.29, 0.717) is 12.2 Å². The molecule has 0 aromatic rings. The Balaban J connectivity index is 4.14. The van der Waals surface area contributed by atoms with Crippen molar-refractivity contribution in [3.8, 4) is 0 Å². The van der Waals surface area contributed by atoms with Gasteiger partial charge in [0.05, 0.1) is 6.61 Å². The molecule has 0 aliphatic carbocycles. The highest BCUT2D eigenvalue weighted by Crippen LogP contribution is 2.07. The summed E-state index contributed by atoms with van der Waals surface area (Å²) in [7, 11) is 0. The van der Waals surface area contributed by atoms with Crippen LogP contribution in [0.2, 0.25) is 0 Å². The van der Waals surface area contributed by atoms with E-state index in [1.807, 2.05) is 6.26 Å². The van der Waals surface area contributed by atoms with E-state index in [1.165, 1.54) is 11.8 Å². The Morgan fingerprint density at radius 3 is 2.25 bits per heavy atom. The number of thioether (sulfide) groups is 1. The molecule has 0 amide bonds. The van der Waals surface area contributed by atoms with Gasteiger partial charge >= 0.3 is 5.97 Å². The SMILES string of the molecule is CSCC[C@H](N)C(=O)OC[C@@H](O)[C@@H](O)[C@H](O)[C@H](O)CO. The third kappa shape index (κ3) is 6.84. The lowest BCUT2D eigenvalue weighted by Gasteiger charge is -2.25. The van der Waals surface area contributed by atoms with Crippen LogP contribution in [0.5, 0.6) is 0 Å². The van der Waals surface area contributed by atoms with Crippen molar-refractivity contribution in [3.05, 3.63) is 0 Å². The van der Waals surface area contributed by atoms with Gasteiger partial charge < -0.3 is 36.0 Å². The lowest BCUT2D eigenvalue weighted by Crippen LogP contribution is -2.48. The van der Waals surface area contributed by atoms with Gasteiger partial charge in [0.2, 0.25) is 0 Å². The molecule has 0 spiro atoms. The summed E-state index contributed by atoms with van der Waals surface area (Å²) < 4.78 is 4.71. The van der Waals surface area contributed by atoms with E-state index in [2.05, 4.69) is 0 Å². The molecule has 9 heteroatoms. The van der Waals surface area contributed by atoms with Crippen LogP contribution in [-0.4, -0.2) is 87.2 Å². The van der Waals surface area contributed by atoms with Gasteiger partial charge in [0.25, 0.3) is 0 Å². The maximum Gasteiger partial charge on any atom is 0.323 e. The zero-order valence-electron chi connectivity index (χ0n) is 11.3. The number of hydrogen-bond donors (Lipinski definition) is 6. The predicted molar refractivity (Wildman–Crippen MR) is 73.0 cm³/mol. The van der Waals surface area contributed by atoms with E-state index in [0.717, 1.165) is 0 Å². The summed E-state index contributed by atoms with van der Waals surface area (Å²) in [6.07, 6.45) is -4.41. The highest BCUT2D eigenvalue weighted by atomic mass is 32.2. The molecule has 7 N–H and O–H groups in total. The Labute approximate surface area is 121 Å². The molecular formula is C11H23NO7S. The summed E-state index contributed by atoms with van der Waals surface area (Å²) in [5, 5.41) is 46.1. The van der Waals surface area contributed by atoms with Crippen molar-refractivity contribution in [1.29, 1.82) is 0 Å². The summed E-state index contributed by atoms with van der Waals surface area (Å²) in [5.74, 6) is -0.0365. The highest BCUT2D eigenvalue weighted by molar-refractivity contribution is 7.98. The lowest BCUT2D eigenvalue weighted by molar-refractivity contribution is -0.157. The molecule has 0 aromatic heterocycles. The maximum absolute atomic E-state index is 11.4. The van der Waals surface area contributed by atoms with Gasteiger partial charge in [-0.1, -0.05) is 0 Å². The number of rotatable bonds is 10. The zero-order valence-corrected chi connectivity index (χ0v) is 12.1. The fourth-order valence-corrected chi connectivity index (χ4v) is 1.79. The topological polar surface area (TPSA) is 153 Å². The molecule has 0 fully saturated rings. The zero-order chi connectivity index (χ0) is 15.7. The summed E-state index contributed by atoms with van der Waals surface area (Å²) in [6.45, 7) is -1.34. The minimum Gasteiger partial charge on any atom is -0.462 e. The first kappa shape index (κ1) is 19.6. The first-order chi connectivity index (χ1) is 9.34. The van der Waals surface area contributed by atoms with Gasteiger partial charge in [-0.15, -0.1) is 0 Å². The Bertz CT molecular complexity index is 281. The van der Waals surface area contributed by atoms with Crippen molar-refractivity contribution in [2.45, 2.75) is 36.9 Å². The molecule has 0 aromatic carbocycles.